The van der Waals surface area contributed by atoms with Gasteiger partial charge in [0.1, 0.15) is 11.5 Å². The molecule has 0 radical (unpaired) electrons. The fourth-order valence-electron chi connectivity index (χ4n) is 2.34. The zero-order valence-electron chi connectivity index (χ0n) is 10.7. The number of anilines is 1. The molecule has 1 aliphatic rings. The molecule has 1 aromatic carbocycles. The lowest BCUT2D eigenvalue weighted by molar-refractivity contribution is -0.122. The first-order valence-electron chi connectivity index (χ1n) is 6.04. The zero-order valence-corrected chi connectivity index (χ0v) is 10.7. The summed E-state index contributed by atoms with van der Waals surface area (Å²) in [7, 11) is 1.68. The number of piperidine rings is 1. The SMILES string of the molecule is COc1ccc(N2CCC(=O)C(C)C2)c(C)c1. The molecular weight excluding hydrogens is 214 g/mol. The van der Waals surface area contributed by atoms with E-state index in [4.69, 9.17) is 4.74 Å². The molecule has 0 saturated carbocycles. The number of rotatable bonds is 2. The number of carbonyl (C=O) groups is 1. The van der Waals surface area contributed by atoms with Gasteiger partial charge in [-0.15, -0.1) is 0 Å². The van der Waals surface area contributed by atoms with Crippen molar-refractivity contribution in [2.24, 2.45) is 5.92 Å². The fraction of sp³-hybridized carbons (Fsp3) is 0.500. The summed E-state index contributed by atoms with van der Waals surface area (Å²) in [5, 5.41) is 0. The molecule has 0 aliphatic carbocycles. The van der Waals surface area contributed by atoms with Crippen molar-refractivity contribution in [3.05, 3.63) is 23.8 Å². The Morgan fingerprint density at radius 3 is 2.76 bits per heavy atom. The van der Waals surface area contributed by atoms with E-state index in [9.17, 15) is 4.79 Å². The van der Waals surface area contributed by atoms with Crippen LogP contribution < -0.4 is 9.64 Å². The summed E-state index contributed by atoms with van der Waals surface area (Å²) in [5.41, 5.74) is 2.41. The normalized spacial score (nSPS) is 20.5. The van der Waals surface area contributed by atoms with E-state index >= 15 is 0 Å². The number of benzene rings is 1. The van der Waals surface area contributed by atoms with Gasteiger partial charge in [0.25, 0.3) is 0 Å². The van der Waals surface area contributed by atoms with E-state index in [0.29, 0.717) is 12.2 Å². The Morgan fingerprint density at radius 2 is 2.18 bits per heavy atom. The molecule has 0 spiro atoms. The number of ether oxygens (including phenoxy) is 1. The van der Waals surface area contributed by atoms with Crippen molar-refractivity contribution in [1.29, 1.82) is 0 Å². The number of carbonyl (C=O) groups excluding carboxylic acids is 1. The third kappa shape index (κ3) is 2.43. The highest BCUT2D eigenvalue weighted by Gasteiger charge is 2.24. The third-order valence-corrected chi connectivity index (χ3v) is 3.42. The minimum absolute atomic E-state index is 0.144. The van der Waals surface area contributed by atoms with E-state index in [1.54, 1.807) is 7.11 Å². The smallest absolute Gasteiger partial charge is 0.139 e. The molecule has 1 saturated heterocycles. The summed E-state index contributed by atoms with van der Waals surface area (Å²) >= 11 is 0. The van der Waals surface area contributed by atoms with Gasteiger partial charge in [-0.25, -0.2) is 0 Å². The van der Waals surface area contributed by atoms with E-state index in [1.807, 2.05) is 19.1 Å². The van der Waals surface area contributed by atoms with Crippen LogP contribution in [-0.4, -0.2) is 26.0 Å². The van der Waals surface area contributed by atoms with E-state index in [-0.39, 0.29) is 5.92 Å². The molecule has 1 atom stereocenters. The molecule has 3 heteroatoms. The number of nitrogens with zero attached hydrogens (tertiary/aromatic N) is 1. The monoisotopic (exact) mass is 233 g/mol. The lowest BCUT2D eigenvalue weighted by atomic mass is 9.97. The Kier molecular flexibility index (Phi) is 3.36. The quantitative estimate of drug-likeness (QED) is 0.785. The second kappa shape index (κ2) is 4.78. The van der Waals surface area contributed by atoms with Gasteiger partial charge in [-0.05, 0) is 30.7 Å². The van der Waals surface area contributed by atoms with Crippen LogP contribution in [0, 0.1) is 12.8 Å². The number of hydrogen-bond donors (Lipinski definition) is 0. The molecule has 1 aromatic rings. The van der Waals surface area contributed by atoms with Gasteiger partial charge >= 0.3 is 0 Å². The minimum atomic E-state index is 0.144. The van der Waals surface area contributed by atoms with Crippen LogP contribution in [0.2, 0.25) is 0 Å². The second-order valence-corrected chi connectivity index (χ2v) is 4.72. The summed E-state index contributed by atoms with van der Waals surface area (Å²) in [5.74, 6) is 1.41. The van der Waals surface area contributed by atoms with Crippen molar-refractivity contribution in [2.75, 3.05) is 25.1 Å². The first-order valence-corrected chi connectivity index (χ1v) is 6.04. The Labute approximate surface area is 102 Å². The molecule has 1 aliphatic heterocycles. The van der Waals surface area contributed by atoms with E-state index in [1.165, 1.54) is 11.3 Å². The van der Waals surface area contributed by atoms with Crippen LogP contribution in [0.15, 0.2) is 18.2 Å². The minimum Gasteiger partial charge on any atom is -0.497 e. The molecule has 1 unspecified atom stereocenters. The summed E-state index contributed by atoms with van der Waals surface area (Å²) in [6.07, 6.45) is 0.659. The van der Waals surface area contributed by atoms with Crippen LogP contribution in [0.4, 0.5) is 5.69 Å². The maximum Gasteiger partial charge on any atom is 0.139 e. The van der Waals surface area contributed by atoms with Gasteiger partial charge in [0, 0.05) is 31.1 Å². The predicted molar refractivity (Wildman–Crippen MR) is 68.7 cm³/mol. The molecule has 3 nitrogen and oxygen atoms in total. The van der Waals surface area contributed by atoms with Crippen LogP contribution >= 0.6 is 0 Å². The summed E-state index contributed by atoms with van der Waals surface area (Å²) in [6.45, 7) is 5.74. The molecule has 1 heterocycles. The summed E-state index contributed by atoms with van der Waals surface area (Å²) in [6, 6.07) is 6.09. The van der Waals surface area contributed by atoms with E-state index in [0.717, 1.165) is 18.8 Å². The van der Waals surface area contributed by atoms with Crippen molar-refractivity contribution in [2.45, 2.75) is 20.3 Å². The van der Waals surface area contributed by atoms with Crippen LogP contribution in [0.1, 0.15) is 18.9 Å². The fourth-order valence-corrected chi connectivity index (χ4v) is 2.34. The molecule has 0 bridgehead atoms. The van der Waals surface area contributed by atoms with Gasteiger partial charge in [0.15, 0.2) is 0 Å². The Hall–Kier alpha value is -1.51. The third-order valence-electron chi connectivity index (χ3n) is 3.42. The Morgan fingerprint density at radius 1 is 1.41 bits per heavy atom. The number of ketones is 1. The van der Waals surface area contributed by atoms with Crippen molar-refractivity contribution >= 4 is 11.5 Å². The standard InChI is InChI=1S/C14H19NO2/c1-10-8-12(17-3)4-5-13(10)15-7-6-14(16)11(2)9-15/h4-5,8,11H,6-7,9H2,1-3H3. The van der Waals surface area contributed by atoms with Crippen molar-refractivity contribution in [3.63, 3.8) is 0 Å². The first-order chi connectivity index (χ1) is 8.11. The van der Waals surface area contributed by atoms with Gasteiger partial charge in [-0.3, -0.25) is 4.79 Å². The topological polar surface area (TPSA) is 29.5 Å². The largest absolute Gasteiger partial charge is 0.497 e. The summed E-state index contributed by atoms with van der Waals surface area (Å²) < 4.78 is 5.20. The average Bonchev–Trinajstić information content (AvgIpc) is 2.32. The van der Waals surface area contributed by atoms with Gasteiger partial charge in [-0.2, -0.15) is 0 Å². The van der Waals surface area contributed by atoms with Gasteiger partial charge in [0.2, 0.25) is 0 Å². The lowest BCUT2D eigenvalue weighted by Crippen LogP contribution is -2.39. The van der Waals surface area contributed by atoms with Crippen LogP contribution in [0.25, 0.3) is 0 Å². The molecule has 2 rings (SSSR count). The number of Topliss-reactive ketones (excluding diaryl/α,β-unsaturated/α-hetero) is 1. The number of methoxy groups -OCH3 is 1. The van der Waals surface area contributed by atoms with Crippen LogP contribution in [0.5, 0.6) is 5.75 Å². The molecule has 92 valence electrons. The van der Waals surface area contributed by atoms with Crippen LogP contribution in [-0.2, 0) is 4.79 Å². The van der Waals surface area contributed by atoms with Gasteiger partial charge < -0.3 is 9.64 Å². The molecule has 0 amide bonds. The second-order valence-electron chi connectivity index (χ2n) is 4.72. The molecule has 0 aromatic heterocycles. The highest BCUT2D eigenvalue weighted by Crippen LogP contribution is 2.27. The lowest BCUT2D eigenvalue weighted by Gasteiger charge is -2.33. The first kappa shape index (κ1) is 12.0. The van der Waals surface area contributed by atoms with Gasteiger partial charge in [0.05, 0.1) is 7.11 Å². The molecule has 0 N–H and O–H groups in total. The van der Waals surface area contributed by atoms with Crippen molar-refractivity contribution < 1.29 is 9.53 Å². The van der Waals surface area contributed by atoms with Gasteiger partial charge in [-0.1, -0.05) is 6.92 Å². The highest BCUT2D eigenvalue weighted by molar-refractivity contribution is 5.83. The molecule has 17 heavy (non-hydrogen) atoms. The maximum absolute atomic E-state index is 11.5. The maximum atomic E-state index is 11.5. The Bertz CT molecular complexity index is 428. The van der Waals surface area contributed by atoms with Crippen LogP contribution in [0.3, 0.4) is 0 Å². The molecular formula is C14H19NO2. The predicted octanol–water partition coefficient (Wildman–Crippen LogP) is 2.42. The van der Waals surface area contributed by atoms with E-state index < -0.39 is 0 Å². The summed E-state index contributed by atoms with van der Waals surface area (Å²) in [4.78, 5) is 13.8. The van der Waals surface area contributed by atoms with Crippen molar-refractivity contribution in [3.8, 4) is 5.75 Å². The number of aryl methyl sites for hydroxylation is 1. The molecule has 1 fully saturated rings. The number of hydrogen-bond acceptors (Lipinski definition) is 3. The van der Waals surface area contributed by atoms with E-state index in [2.05, 4.69) is 17.9 Å². The zero-order chi connectivity index (χ0) is 12.4. The Balaban J connectivity index is 2.20. The highest BCUT2D eigenvalue weighted by atomic mass is 16.5. The van der Waals surface area contributed by atoms with Crippen molar-refractivity contribution in [1.82, 2.24) is 0 Å². The average molecular weight is 233 g/mol.